The van der Waals surface area contributed by atoms with Crippen LogP contribution >= 0.6 is 0 Å². The maximum Gasteiger partial charge on any atom is 0.217 e. The first-order valence-electron chi connectivity index (χ1n) is 11.6. The highest BCUT2D eigenvalue weighted by Gasteiger charge is 2.29. The van der Waals surface area contributed by atoms with E-state index in [2.05, 4.69) is 10.6 Å². The van der Waals surface area contributed by atoms with E-state index in [0.717, 1.165) is 41.5 Å². The Bertz CT molecular complexity index is 1090. The van der Waals surface area contributed by atoms with Gasteiger partial charge < -0.3 is 30.0 Å². The predicted octanol–water partition coefficient (Wildman–Crippen LogP) is 3.44. The Morgan fingerprint density at radius 1 is 1.06 bits per heavy atom. The van der Waals surface area contributed by atoms with Gasteiger partial charge >= 0.3 is 0 Å². The van der Waals surface area contributed by atoms with Gasteiger partial charge in [0.2, 0.25) is 17.1 Å². The molecule has 0 fully saturated rings. The molecule has 8 heteroatoms. The third-order valence-corrected chi connectivity index (χ3v) is 6.07. The van der Waals surface area contributed by atoms with Crippen molar-refractivity contribution in [2.45, 2.75) is 45.1 Å². The summed E-state index contributed by atoms with van der Waals surface area (Å²) in [7, 11) is 4.72. The van der Waals surface area contributed by atoms with Crippen LogP contribution in [0.1, 0.15) is 49.8 Å². The number of carbonyl (C=O) groups is 1. The van der Waals surface area contributed by atoms with E-state index in [1.54, 1.807) is 33.5 Å². The number of rotatable bonds is 10. The van der Waals surface area contributed by atoms with Gasteiger partial charge in [-0.05, 0) is 67.0 Å². The first kappa shape index (κ1) is 25.4. The summed E-state index contributed by atoms with van der Waals surface area (Å²) >= 11 is 0. The van der Waals surface area contributed by atoms with Gasteiger partial charge in [-0.15, -0.1) is 0 Å². The maximum absolute atomic E-state index is 13.2. The van der Waals surface area contributed by atoms with Crippen LogP contribution in [0, 0.1) is 0 Å². The second kappa shape index (κ2) is 11.7. The maximum atomic E-state index is 13.2. The monoisotopic (exact) mass is 470 g/mol. The molecule has 0 aromatic heterocycles. The molecule has 0 heterocycles. The van der Waals surface area contributed by atoms with E-state index in [-0.39, 0.29) is 24.0 Å². The van der Waals surface area contributed by atoms with E-state index in [4.69, 9.17) is 19.3 Å². The van der Waals surface area contributed by atoms with Gasteiger partial charge in [-0.2, -0.15) is 0 Å². The molecule has 1 aliphatic carbocycles. The number of carbonyl (C=O) groups excluding carboxylic acids is 1. The molecule has 2 aromatic carbocycles. The summed E-state index contributed by atoms with van der Waals surface area (Å²) in [6, 6.07) is 6.89. The van der Waals surface area contributed by atoms with Crippen LogP contribution in [-0.2, 0) is 11.2 Å². The van der Waals surface area contributed by atoms with Crippen molar-refractivity contribution in [1.29, 1.82) is 0 Å². The van der Waals surface area contributed by atoms with Gasteiger partial charge in [0.15, 0.2) is 11.5 Å². The van der Waals surface area contributed by atoms with Crippen molar-refractivity contribution < 1.29 is 24.1 Å². The molecule has 0 saturated carbocycles. The van der Waals surface area contributed by atoms with Gasteiger partial charge in [-0.25, -0.2) is 0 Å². The number of fused-ring (bicyclic) bond motifs is 3. The Morgan fingerprint density at radius 3 is 2.47 bits per heavy atom. The van der Waals surface area contributed by atoms with Crippen molar-refractivity contribution in [3.63, 3.8) is 0 Å². The fourth-order valence-electron chi connectivity index (χ4n) is 4.49. The zero-order valence-corrected chi connectivity index (χ0v) is 20.3. The topological polar surface area (TPSA) is 106 Å². The van der Waals surface area contributed by atoms with E-state index in [1.807, 2.05) is 12.1 Å². The summed E-state index contributed by atoms with van der Waals surface area (Å²) in [6.45, 7) is 2.27. The number of hydrogen-bond acceptors (Lipinski definition) is 7. The molecular formula is C26H34N2O6. The van der Waals surface area contributed by atoms with Crippen LogP contribution in [0.15, 0.2) is 29.1 Å². The molecule has 8 nitrogen and oxygen atoms in total. The fourth-order valence-corrected chi connectivity index (χ4v) is 4.49. The lowest BCUT2D eigenvalue weighted by Crippen LogP contribution is -2.26. The molecule has 0 radical (unpaired) electrons. The van der Waals surface area contributed by atoms with Crippen LogP contribution in [0.4, 0.5) is 5.69 Å². The first-order chi connectivity index (χ1) is 16.4. The lowest BCUT2D eigenvalue weighted by Gasteiger charge is -2.19. The number of methoxy groups -OCH3 is 3. The van der Waals surface area contributed by atoms with Gasteiger partial charge in [0.1, 0.15) is 0 Å². The molecule has 3 rings (SSSR count). The highest BCUT2D eigenvalue weighted by Crippen LogP contribution is 2.50. The number of hydrogen-bond donors (Lipinski definition) is 3. The number of nitrogens with one attached hydrogen (secondary N) is 2. The number of amides is 1. The Morgan fingerprint density at radius 2 is 1.82 bits per heavy atom. The smallest absolute Gasteiger partial charge is 0.217 e. The van der Waals surface area contributed by atoms with Crippen LogP contribution in [0.25, 0.3) is 11.1 Å². The zero-order chi connectivity index (χ0) is 24.7. The highest BCUT2D eigenvalue weighted by atomic mass is 16.5. The molecule has 184 valence electrons. The molecule has 0 spiro atoms. The Labute approximate surface area is 200 Å². The Balaban J connectivity index is 2.19. The molecule has 1 unspecified atom stereocenters. The summed E-state index contributed by atoms with van der Waals surface area (Å²) in [4.78, 5) is 25.2. The minimum atomic E-state index is -0.334. The Hall–Kier alpha value is -3.26. The number of aryl methyl sites for hydroxylation is 1. The van der Waals surface area contributed by atoms with Crippen molar-refractivity contribution in [1.82, 2.24) is 5.32 Å². The van der Waals surface area contributed by atoms with E-state index in [1.165, 1.54) is 6.92 Å². The summed E-state index contributed by atoms with van der Waals surface area (Å²) in [5.74, 6) is 1.40. The number of aliphatic hydroxyl groups excluding tert-OH is 1. The van der Waals surface area contributed by atoms with Crippen LogP contribution in [0.2, 0.25) is 0 Å². The highest BCUT2D eigenvalue weighted by molar-refractivity contribution is 5.83. The average Bonchev–Trinajstić information content (AvgIpc) is 3.06. The molecule has 1 aliphatic rings. The summed E-state index contributed by atoms with van der Waals surface area (Å²) < 4.78 is 17.0. The zero-order valence-electron chi connectivity index (χ0n) is 20.3. The lowest BCUT2D eigenvalue weighted by atomic mass is 9.95. The summed E-state index contributed by atoms with van der Waals surface area (Å²) in [5, 5.41) is 15.2. The SMILES string of the molecule is COc1cc2c(c(OC)c1OC)-c1ccc(NCCCCCO)c(=O)cc1C(NC(C)=O)CC2. The molecule has 0 aliphatic heterocycles. The largest absolute Gasteiger partial charge is 0.493 e. The molecule has 34 heavy (non-hydrogen) atoms. The van der Waals surface area contributed by atoms with Gasteiger partial charge in [-0.3, -0.25) is 9.59 Å². The van der Waals surface area contributed by atoms with Gasteiger partial charge in [0.25, 0.3) is 0 Å². The van der Waals surface area contributed by atoms with Crippen LogP contribution in [0.5, 0.6) is 17.2 Å². The number of aliphatic hydroxyl groups is 1. The molecule has 3 N–H and O–H groups in total. The third kappa shape index (κ3) is 5.44. The lowest BCUT2D eigenvalue weighted by molar-refractivity contribution is -0.119. The average molecular weight is 471 g/mol. The molecule has 2 aromatic rings. The minimum absolute atomic E-state index is 0.151. The molecular weight excluding hydrogens is 436 g/mol. The minimum Gasteiger partial charge on any atom is -0.493 e. The summed E-state index contributed by atoms with van der Waals surface area (Å²) in [6.07, 6.45) is 3.73. The van der Waals surface area contributed by atoms with Crippen LogP contribution in [-0.4, -0.2) is 45.5 Å². The Kier molecular flexibility index (Phi) is 8.76. The standard InChI is InChI=1S/C26H34N2O6/c1-16(30)28-20-10-8-17-14-23(32-2)25(33-3)26(34-4)24(17)18-9-11-21(22(31)15-19(18)20)27-12-6-5-7-13-29/h9,11,14-15,20,29H,5-8,10,12-13H2,1-4H3,(H,27,31)(H,28,30). The van der Waals surface area contributed by atoms with Gasteiger partial charge in [0, 0.05) is 25.6 Å². The van der Waals surface area contributed by atoms with Crippen molar-refractivity contribution in [3.05, 3.63) is 45.6 Å². The predicted molar refractivity (Wildman–Crippen MR) is 132 cm³/mol. The molecule has 1 atom stereocenters. The van der Waals surface area contributed by atoms with Gasteiger partial charge in [-0.1, -0.05) is 6.07 Å². The van der Waals surface area contributed by atoms with Crippen molar-refractivity contribution in [3.8, 4) is 28.4 Å². The van der Waals surface area contributed by atoms with E-state index in [9.17, 15) is 9.59 Å². The second-order valence-corrected chi connectivity index (χ2v) is 8.31. The molecule has 0 bridgehead atoms. The van der Waals surface area contributed by atoms with Crippen molar-refractivity contribution >= 4 is 11.6 Å². The van der Waals surface area contributed by atoms with Crippen molar-refractivity contribution in [2.75, 3.05) is 39.8 Å². The van der Waals surface area contributed by atoms with E-state index >= 15 is 0 Å². The number of ether oxygens (including phenoxy) is 3. The fraction of sp³-hybridized carbons (Fsp3) is 0.462. The second-order valence-electron chi connectivity index (χ2n) is 8.31. The third-order valence-electron chi connectivity index (χ3n) is 6.07. The normalized spacial score (nSPS) is 14.3. The van der Waals surface area contributed by atoms with Crippen LogP contribution < -0.4 is 30.3 Å². The van der Waals surface area contributed by atoms with Crippen molar-refractivity contribution in [2.24, 2.45) is 0 Å². The number of benzene rings is 1. The van der Waals surface area contributed by atoms with Gasteiger partial charge in [0.05, 0.1) is 33.1 Å². The van der Waals surface area contributed by atoms with E-state index in [0.29, 0.717) is 42.3 Å². The first-order valence-corrected chi connectivity index (χ1v) is 11.6. The van der Waals surface area contributed by atoms with Crippen LogP contribution in [0.3, 0.4) is 0 Å². The number of anilines is 1. The quantitative estimate of drug-likeness (QED) is 0.457. The summed E-state index contributed by atoms with van der Waals surface area (Å²) in [5.41, 5.74) is 3.68. The molecule has 0 saturated heterocycles. The van der Waals surface area contributed by atoms with E-state index < -0.39 is 0 Å². The number of unbranched alkanes of at least 4 members (excludes halogenated alkanes) is 2. The molecule has 1 amide bonds.